The lowest BCUT2D eigenvalue weighted by Gasteiger charge is -2.24. The van der Waals surface area contributed by atoms with Crippen molar-refractivity contribution in [3.05, 3.63) is 63.9 Å². The second-order valence-electron chi connectivity index (χ2n) is 6.53. The number of dihydropyridines is 1. The molecule has 0 bridgehead atoms. The van der Waals surface area contributed by atoms with Gasteiger partial charge in [0, 0.05) is 54.7 Å². The summed E-state index contributed by atoms with van der Waals surface area (Å²) in [6, 6.07) is 3.69. The summed E-state index contributed by atoms with van der Waals surface area (Å²) in [4.78, 5) is 4.91. The molecular formula is C18H20BrN5O2. The largest absolute Gasteiger partial charge is 0.619 e. The van der Waals surface area contributed by atoms with Crippen LogP contribution in [0.3, 0.4) is 0 Å². The summed E-state index contributed by atoms with van der Waals surface area (Å²) >= 11 is 3.45. The zero-order chi connectivity index (χ0) is 17.9. The van der Waals surface area contributed by atoms with Gasteiger partial charge in [-0.05, 0) is 34.5 Å². The van der Waals surface area contributed by atoms with Crippen LogP contribution in [0.4, 0.5) is 0 Å². The van der Waals surface area contributed by atoms with Crippen LogP contribution >= 0.6 is 15.9 Å². The molecule has 1 N–H and O–H groups in total. The van der Waals surface area contributed by atoms with E-state index in [0.29, 0.717) is 19.1 Å². The number of rotatable bonds is 5. The van der Waals surface area contributed by atoms with Crippen molar-refractivity contribution in [1.82, 2.24) is 15.1 Å². The van der Waals surface area contributed by atoms with Crippen LogP contribution in [0.5, 0.6) is 0 Å². The predicted molar refractivity (Wildman–Crippen MR) is 100 cm³/mol. The molecule has 1 saturated heterocycles. The number of ether oxygens (including phenoxy) is 1. The van der Waals surface area contributed by atoms with E-state index in [-0.39, 0.29) is 6.17 Å². The Kier molecular flexibility index (Phi) is 5.03. The second-order valence-corrected chi connectivity index (χ2v) is 7.45. The van der Waals surface area contributed by atoms with E-state index in [1.54, 1.807) is 18.5 Å². The Bertz CT molecular complexity index is 842. The van der Waals surface area contributed by atoms with Crippen molar-refractivity contribution in [3.63, 3.8) is 0 Å². The van der Waals surface area contributed by atoms with Crippen LogP contribution in [0.15, 0.2) is 58.2 Å². The lowest BCUT2D eigenvalue weighted by Crippen LogP contribution is -2.28. The molecule has 2 unspecified atom stereocenters. The minimum atomic E-state index is -0.0791. The maximum Gasteiger partial charge on any atom is 0.185 e. The standard InChI is InChI=1S/C18H20BrN5O2/c19-15-9-21-24(11-15)18-7-16(6-17(22-18)14-3-5-26-12-14)20-8-13-2-1-4-23(25)10-13/h1-2,4,6,9-11,14,18,20H,3,5,7-8,12H2. The number of halogens is 1. The van der Waals surface area contributed by atoms with Crippen molar-refractivity contribution in [3.8, 4) is 0 Å². The van der Waals surface area contributed by atoms with Gasteiger partial charge in [-0.2, -0.15) is 9.83 Å². The SMILES string of the molecule is [O-][n+]1cccc(CNC2=CC(C3CCOC3)=NC(n3cc(Br)cn3)C2)c1. The first-order chi connectivity index (χ1) is 12.7. The Morgan fingerprint density at radius 2 is 2.38 bits per heavy atom. The van der Waals surface area contributed by atoms with Gasteiger partial charge in [-0.25, -0.2) is 4.68 Å². The molecular weight excluding hydrogens is 398 g/mol. The molecule has 136 valence electrons. The van der Waals surface area contributed by atoms with Crippen LogP contribution in [-0.4, -0.2) is 28.7 Å². The summed E-state index contributed by atoms with van der Waals surface area (Å²) in [7, 11) is 0. The summed E-state index contributed by atoms with van der Waals surface area (Å²) in [5.41, 5.74) is 3.09. The number of hydrogen-bond donors (Lipinski definition) is 1. The molecule has 1 fully saturated rings. The van der Waals surface area contributed by atoms with Crippen LogP contribution in [-0.2, 0) is 11.3 Å². The normalized spacial score (nSPS) is 22.8. The maximum absolute atomic E-state index is 11.4. The number of pyridine rings is 1. The summed E-state index contributed by atoms with van der Waals surface area (Å²) < 4.78 is 9.17. The zero-order valence-electron chi connectivity index (χ0n) is 14.2. The van der Waals surface area contributed by atoms with Gasteiger partial charge in [-0.15, -0.1) is 0 Å². The van der Waals surface area contributed by atoms with Gasteiger partial charge in [-0.1, -0.05) is 0 Å². The van der Waals surface area contributed by atoms with E-state index < -0.39 is 0 Å². The highest BCUT2D eigenvalue weighted by Gasteiger charge is 2.26. The Balaban J connectivity index is 1.53. The lowest BCUT2D eigenvalue weighted by molar-refractivity contribution is -0.605. The van der Waals surface area contributed by atoms with E-state index >= 15 is 0 Å². The monoisotopic (exact) mass is 417 g/mol. The van der Waals surface area contributed by atoms with Gasteiger partial charge in [0.15, 0.2) is 12.4 Å². The van der Waals surface area contributed by atoms with Gasteiger partial charge in [0.1, 0.15) is 6.17 Å². The summed E-state index contributed by atoms with van der Waals surface area (Å²) in [5.74, 6) is 0.328. The van der Waals surface area contributed by atoms with Crippen LogP contribution < -0.4 is 10.0 Å². The third-order valence-electron chi connectivity index (χ3n) is 4.60. The second kappa shape index (κ2) is 7.59. The van der Waals surface area contributed by atoms with Gasteiger partial charge in [-0.3, -0.25) is 4.99 Å². The Morgan fingerprint density at radius 1 is 1.46 bits per heavy atom. The minimum Gasteiger partial charge on any atom is -0.619 e. The van der Waals surface area contributed by atoms with Crippen LogP contribution in [0.25, 0.3) is 0 Å². The first-order valence-electron chi connectivity index (χ1n) is 8.64. The van der Waals surface area contributed by atoms with Gasteiger partial charge in [0.05, 0.1) is 17.3 Å². The Morgan fingerprint density at radius 3 is 3.12 bits per heavy atom. The number of allylic oxidation sites excluding steroid dienone is 1. The zero-order valence-corrected chi connectivity index (χ0v) is 15.8. The number of nitrogens with zero attached hydrogens (tertiary/aromatic N) is 4. The molecule has 2 aliphatic rings. The summed E-state index contributed by atoms with van der Waals surface area (Å²) in [5, 5.41) is 19.3. The van der Waals surface area contributed by atoms with Crippen LogP contribution in [0.1, 0.15) is 24.6 Å². The molecule has 26 heavy (non-hydrogen) atoms. The number of aromatic nitrogens is 3. The van der Waals surface area contributed by atoms with Crippen molar-refractivity contribution in [2.45, 2.75) is 25.6 Å². The van der Waals surface area contributed by atoms with Gasteiger partial charge < -0.3 is 15.3 Å². The fourth-order valence-corrected chi connectivity index (χ4v) is 3.56. The van der Waals surface area contributed by atoms with Crippen LogP contribution in [0, 0.1) is 11.1 Å². The average Bonchev–Trinajstić information content (AvgIpc) is 3.32. The highest BCUT2D eigenvalue weighted by Crippen LogP contribution is 2.28. The van der Waals surface area contributed by atoms with E-state index in [4.69, 9.17) is 9.73 Å². The molecule has 8 heteroatoms. The lowest BCUT2D eigenvalue weighted by atomic mass is 9.98. The highest BCUT2D eigenvalue weighted by atomic mass is 79.9. The molecule has 2 atom stereocenters. The van der Waals surface area contributed by atoms with Crippen LogP contribution in [0.2, 0.25) is 0 Å². The van der Waals surface area contributed by atoms with E-state index in [9.17, 15) is 5.21 Å². The Labute approximate surface area is 160 Å². The Hall–Kier alpha value is -2.19. The third-order valence-corrected chi connectivity index (χ3v) is 5.01. The van der Waals surface area contributed by atoms with Crippen molar-refractivity contribution >= 4 is 21.6 Å². The molecule has 0 amide bonds. The molecule has 0 spiro atoms. The molecule has 4 heterocycles. The molecule has 2 aliphatic heterocycles. The number of hydrogen-bond acceptors (Lipinski definition) is 5. The molecule has 0 aliphatic carbocycles. The number of aliphatic imine (C=N–C) groups is 1. The fourth-order valence-electron chi connectivity index (χ4n) is 3.26. The molecule has 0 radical (unpaired) electrons. The molecule has 4 rings (SSSR count). The van der Waals surface area contributed by atoms with Crippen molar-refractivity contribution < 1.29 is 9.47 Å². The van der Waals surface area contributed by atoms with Crippen molar-refractivity contribution in [2.75, 3.05) is 13.2 Å². The highest BCUT2D eigenvalue weighted by molar-refractivity contribution is 9.10. The van der Waals surface area contributed by atoms with E-state index in [1.807, 2.05) is 16.9 Å². The third kappa shape index (κ3) is 3.96. The van der Waals surface area contributed by atoms with E-state index in [1.165, 1.54) is 6.20 Å². The minimum absolute atomic E-state index is 0.0791. The molecule has 0 saturated carbocycles. The molecule has 0 aromatic carbocycles. The topological polar surface area (TPSA) is 78.4 Å². The smallest absolute Gasteiger partial charge is 0.185 e. The summed E-state index contributed by atoms with van der Waals surface area (Å²) in [6.45, 7) is 2.09. The number of nitrogens with one attached hydrogen (secondary N) is 1. The average molecular weight is 418 g/mol. The molecule has 2 aromatic rings. The molecule has 2 aromatic heterocycles. The first-order valence-corrected chi connectivity index (χ1v) is 9.44. The first kappa shape index (κ1) is 17.2. The summed E-state index contributed by atoms with van der Waals surface area (Å²) in [6.07, 6.45) is 10.6. The van der Waals surface area contributed by atoms with Gasteiger partial charge in [0.25, 0.3) is 0 Å². The molecule has 7 nitrogen and oxygen atoms in total. The van der Waals surface area contributed by atoms with Crippen molar-refractivity contribution in [2.24, 2.45) is 10.9 Å². The maximum atomic E-state index is 11.4. The van der Waals surface area contributed by atoms with Crippen molar-refractivity contribution in [1.29, 1.82) is 0 Å². The predicted octanol–water partition coefficient (Wildman–Crippen LogP) is 2.33. The van der Waals surface area contributed by atoms with Gasteiger partial charge in [0.2, 0.25) is 0 Å². The quantitative estimate of drug-likeness (QED) is 0.597. The fraction of sp³-hybridized carbons (Fsp3) is 0.389. The van der Waals surface area contributed by atoms with E-state index in [2.05, 4.69) is 32.4 Å². The van der Waals surface area contributed by atoms with Gasteiger partial charge >= 0.3 is 0 Å². The van der Waals surface area contributed by atoms with E-state index in [0.717, 1.165) is 45.6 Å².